The van der Waals surface area contributed by atoms with Crippen molar-refractivity contribution in [3.63, 3.8) is 0 Å². The van der Waals surface area contributed by atoms with Gasteiger partial charge >= 0.3 is 0 Å². The lowest BCUT2D eigenvalue weighted by atomic mass is 9.47. The molecular formula is C21H34O4. The quantitative estimate of drug-likeness (QED) is 0.547. The minimum atomic E-state index is -0.467. The summed E-state index contributed by atoms with van der Waals surface area (Å²) in [6.45, 7) is 6.27. The normalized spacial score (nSPS) is 56.4. The lowest BCUT2D eigenvalue weighted by Gasteiger charge is -2.59. The third-order valence-electron chi connectivity index (χ3n) is 8.63. The van der Waals surface area contributed by atoms with Gasteiger partial charge in [-0.3, -0.25) is 0 Å². The van der Waals surface area contributed by atoms with E-state index in [1.807, 2.05) is 6.92 Å². The lowest BCUT2D eigenvalue weighted by Crippen LogP contribution is -2.56. The number of rotatable bonds is 1. The second-order valence-corrected chi connectivity index (χ2v) is 9.95. The molecule has 0 spiro atoms. The average molecular weight is 350 g/mol. The van der Waals surface area contributed by atoms with Gasteiger partial charge in [-0.25, -0.2) is 0 Å². The van der Waals surface area contributed by atoms with Crippen molar-refractivity contribution in [1.29, 1.82) is 0 Å². The highest BCUT2D eigenvalue weighted by Gasteiger charge is 2.63. The zero-order chi connectivity index (χ0) is 18.1. The Labute approximate surface area is 151 Å². The van der Waals surface area contributed by atoms with Gasteiger partial charge < -0.3 is 20.4 Å². The Bertz CT molecular complexity index is 572. The number of allylic oxidation sites excluding steroid dienone is 1. The fourth-order valence-electron chi connectivity index (χ4n) is 7.47. The van der Waals surface area contributed by atoms with Gasteiger partial charge in [0.05, 0.1) is 24.4 Å². The summed E-state index contributed by atoms with van der Waals surface area (Å²) >= 11 is 0. The van der Waals surface area contributed by atoms with Crippen LogP contribution in [0.15, 0.2) is 11.6 Å². The molecule has 0 amide bonds. The van der Waals surface area contributed by atoms with Crippen molar-refractivity contribution in [2.45, 2.75) is 83.7 Å². The Morgan fingerprint density at radius 1 is 1.04 bits per heavy atom. The first-order chi connectivity index (χ1) is 11.7. The maximum absolute atomic E-state index is 11.2. The molecule has 142 valence electrons. The van der Waals surface area contributed by atoms with E-state index in [-0.39, 0.29) is 34.7 Å². The maximum atomic E-state index is 11.2. The van der Waals surface area contributed by atoms with Crippen LogP contribution in [0.25, 0.3) is 0 Å². The van der Waals surface area contributed by atoms with Gasteiger partial charge in [-0.2, -0.15) is 0 Å². The smallest absolute Gasteiger partial charge is 0.0616 e. The van der Waals surface area contributed by atoms with E-state index < -0.39 is 18.3 Å². The zero-order valence-corrected chi connectivity index (χ0v) is 15.7. The lowest BCUT2D eigenvalue weighted by molar-refractivity contribution is -0.109. The predicted octanol–water partition coefficient (Wildman–Crippen LogP) is 2.25. The van der Waals surface area contributed by atoms with Gasteiger partial charge in [0, 0.05) is 11.8 Å². The fraction of sp³-hybridized carbons (Fsp3) is 0.905. The first-order valence-electron chi connectivity index (χ1n) is 10.1. The van der Waals surface area contributed by atoms with Crippen molar-refractivity contribution >= 4 is 0 Å². The second kappa shape index (κ2) is 5.79. The van der Waals surface area contributed by atoms with Crippen LogP contribution in [0, 0.1) is 34.5 Å². The molecule has 0 bridgehead atoms. The van der Waals surface area contributed by atoms with Crippen LogP contribution in [0.4, 0.5) is 0 Å². The SMILES string of the molecule is CC(O)[C@H]1CC(O)[C@H]2C3=CCC4CC(O)CC[C@]4(C)[C@H]3C(O)C[C@]12C. The van der Waals surface area contributed by atoms with E-state index in [9.17, 15) is 20.4 Å². The van der Waals surface area contributed by atoms with Crippen LogP contribution in [-0.2, 0) is 0 Å². The van der Waals surface area contributed by atoms with Crippen molar-refractivity contribution in [3.8, 4) is 0 Å². The first kappa shape index (κ1) is 18.0. The third kappa shape index (κ3) is 2.40. The summed E-state index contributed by atoms with van der Waals surface area (Å²) in [7, 11) is 0. The van der Waals surface area contributed by atoms with Gasteiger partial charge in [-0.1, -0.05) is 25.5 Å². The Balaban J connectivity index is 1.75. The largest absolute Gasteiger partial charge is 0.393 e. The van der Waals surface area contributed by atoms with Crippen LogP contribution in [-0.4, -0.2) is 44.8 Å². The third-order valence-corrected chi connectivity index (χ3v) is 8.63. The van der Waals surface area contributed by atoms with Crippen molar-refractivity contribution in [3.05, 3.63) is 11.6 Å². The minimum absolute atomic E-state index is 0.00664. The summed E-state index contributed by atoms with van der Waals surface area (Å²) in [4.78, 5) is 0. The van der Waals surface area contributed by atoms with Crippen LogP contribution in [0.5, 0.6) is 0 Å². The summed E-state index contributed by atoms with van der Waals surface area (Å²) in [5.74, 6) is 0.571. The van der Waals surface area contributed by atoms with E-state index >= 15 is 0 Å². The van der Waals surface area contributed by atoms with Crippen LogP contribution >= 0.6 is 0 Å². The van der Waals surface area contributed by atoms with Crippen LogP contribution < -0.4 is 0 Å². The standard InChI is InChI=1S/C21H34O4/c1-11(22)15-9-16(24)18-14-5-4-12-8-13(23)6-7-20(12,2)19(14)17(25)10-21(15,18)3/h5,11-13,15-19,22-25H,4,6-10H2,1-3H3/t11?,12?,13?,15-,16?,17?,18-,19-,20+,21-/m1/s1. The van der Waals surface area contributed by atoms with E-state index in [1.165, 1.54) is 5.57 Å². The molecule has 10 atom stereocenters. The first-order valence-corrected chi connectivity index (χ1v) is 10.1. The Morgan fingerprint density at radius 2 is 1.72 bits per heavy atom. The predicted molar refractivity (Wildman–Crippen MR) is 95.7 cm³/mol. The molecule has 3 fully saturated rings. The van der Waals surface area contributed by atoms with Crippen LogP contribution in [0.3, 0.4) is 0 Å². The Hall–Kier alpha value is -0.420. The molecule has 4 nitrogen and oxygen atoms in total. The second-order valence-electron chi connectivity index (χ2n) is 9.95. The molecule has 25 heavy (non-hydrogen) atoms. The highest BCUT2D eigenvalue weighted by atomic mass is 16.3. The Morgan fingerprint density at radius 3 is 2.40 bits per heavy atom. The number of hydrogen-bond acceptors (Lipinski definition) is 4. The van der Waals surface area contributed by atoms with Gasteiger partial charge in [0.15, 0.2) is 0 Å². The Kier molecular flexibility index (Phi) is 4.16. The molecule has 4 aliphatic rings. The van der Waals surface area contributed by atoms with Gasteiger partial charge in [-0.05, 0) is 68.1 Å². The molecule has 0 radical (unpaired) electrons. The number of aliphatic hydroxyl groups excluding tert-OH is 4. The van der Waals surface area contributed by atoms with E-state index in [1.54, 1.807) is 0 Å². The van der Waals surface area contributed by atoms with Gasteiger partial charge in [0.2, 0.25) is 0 Å². The van der Waals surface area contributed by atoms with Gasteiger partial charge in [0.25, 0.3) is 0 Å². The molecule has 0 aromatic rings. The van der Waals surface area contributed by atoms with Crippen molar-refractivity contribution in [2.75, 3.05) is 0 Å². The van der Waals surface area contributed by atoms with E-state index in [0.29, 0.717) is 18.8 Å². The molecule has 0 heterocycles. The van der Waals surface area contributed by atoms with Crippen LogP contribution in [0.1, 0.15) is 59.3 Å². The summed E-state index contributed by atoms with van der Waals surface area (Å²) in [5, 5.41) is 42.5. The highest BCUT2D eigenvalue weighted by Crippen LogP contribution is 2.66. The summed E-state index contributed by atoms with van der Waals surface area (Å²) < 4.78 is 0. The van der Waals surface area contributed by atoms with Crippen molar-refractivity contribution < 1.29 is 20.4 Å². The summed E-state index contributed by atoms with van der Waals surface area (Å²) in [6, 6.07) is 0. The molecule has 0 aromatic carbocycles. The molecule has 3 saturated carbocycles. The minimum Gasteiger partial charge on any atom is -0.393 e. The van der Waals surface area contributed by atoms with E-state index in [2.05, 4.69) is 19.9 Å². The number of fused-ring (bicyclic) bond motifs is 5. The van der Waals surface area contributed by atoms with Gasteiger partial charge in [-0.15, -0.1) is 0 Å². The van der Waals surface area contributed by atoms with Crippen molar-refractivity contribution in [1.82, 2.24) is 0 Å². The topological polar surface area (TPSA) is 80.9 Å². The van der Waals surface area contributed by atoms with E-state index in [4.69, 9.17) is 0 Å². The molecular weight excluding hydrogens is 316 g/mol. The summed E-state index contributed by atoms with van der Waals surface area (Å²) in [5.41, 5.74) is 1.01. The molecule has 0 saturated heterocycles. The van der Waals surface area contributed by atoms with Crippen LogP contribution in [0.2, 0.25) is 0 Å². The van der Waals surface area contributed by atoms with Crippen molar-refractivity contribution in [2.24, 2.45) is 34.5 Å². The molecule has 5 unspecified atom stereocenters. The molecule has 0 aromatic heterocycles. The highest BCUT2D eigenvalue weighted by molar-refractivity contribution is 5.31. The molecule has 4 N–H and O–H groups in total. The summed E-state index contributed by atoms with van der Waals surface area (Å²) in [6.07, 6.45) is 5.51. The molecule has 0 aliphatic heterocycles. The molecule has 4 rings (SSSR count). The monoisotopic (exact) mass is 350 g/mol. The number of aliphatic hydroxyl groups is 4. The number of hydrogen-bond donors (Lipinski definition) is 4. The molecule has 4 aliphatic carbocycles. The maximum Gasteiger partial charge on any atom is 0.0616 e. The average Bonchev–Trinajstić information content (AvgIpc) is 2.78. The van der Waals surface area contributed by atoms with E-state index in [0.717, 1.165) is 25.7 Å². The van der Waals surface area contributed by atoms with Gasteiger partial charge in [0.1, 0.15) is 0 Å². The zero-order valence-electron chi connectivity index (χ0n) is 15.7. The fourth-order valence-corrected chi connectivity index (χ4v) is 7.47. The molecule has 4 heteroatoms.